The number of hydrazine groups is 2. The van der Waals surface area contributed by atoms with Crippen LogP contribution in [0.5, 0.6) is 0 Å². The Morgan fingerprint density at radius 2 is 1.69 bits per heavy atom. The lowest BCUT2D eigenvalue weighted by Gasteiger charge is -2.55. The summed E-state index contributed by atoms with van der Waals surface area (Å²) < 4.78 is 0. The molecule has 0 spiro atoms. The summed E-state index contributed by atoms with van der Waals surface area (Å²) in [5.74, 6) is 2.74. The van der Waals surface area contributed by atoms with Crippen LogP contribution in [-0.4, -0.2) is 29.5 Å². The minimum absolute atomic E-state index is 0.0479. The van der Waals surface area contributed by atoms with Crippen molar-refractivity contribution in [1.82, 2.24) is 16.4 Å². The highest BCUT2D eigenvalue weighted by molar-refractivity contribution is 8.00. The number of benzene rings is 1. The fraction of sp³-hybridized carbons (Fsp3) is 0.619. The minimum atomic E-state index is -0.166. The molecule has 0 aromatic heterocycles. The summed E-state index contributed by atoms with van der Waals surface area (Å²) >= 11 is 1.54. The number of rotatable bonds is 6. The molecule has 2 amide bonds. The molecule has 6 rings (SSSR count). The molecule has 5 fully saturated rings. The van der Waals surface area contributed by atoms with Crippen LogP contribution < -0.4 is 27.0 Å². The van der Waals surface area contributed by atoms with Crippen molar-refractivity contribution in [3.8, 4) is 0 Å². The SMILES string of the molecule is O=C(CSC1CNNN1)Nc1cccc(NC(=O)C23CC4CC(CC(C4)C2)C3)c1. The molecule has 4 saturated carbocycles. The molecule has 1 saturated heterocycles. The van der Waals surface area contributed by atoms with Crippen molar-refractivity contribution < 1.29 is 9.59 Å². The van der Waals surface area contributed by atoms with Crippen molar-refractivity contribution in [2.75, 3.05) is 22.9 Å². The van der Waals surface area contributed by atoms with E-state index < -0.39 is 0 Å². The van der Waals surface area contributed by atoms with Crippen molar-refractivity contribution in [2.24, 2.45) is 23.2 Å². The van der Waals surface area contributed by atoms with Gasteiger partial charge in [-0.3, -0.25) is 9.59 Å². The summed E-state index contributed by atoms with van der Waals surface area (Å²) in [5, 5.41) is 6.28. The predicted octanol–water partition coefficient (Wildman–Crippen LogP) is 2.45. The fourth-order valence-electron chi connectivity index (χ4n) is 6.13. The molecule has 1 aromatic rings. The molecule has 5 aliphatic rings. The number of nitrogens with one attached hydrogen (secondary N) is 5. The molecule has 1 heterocycles. The van der Waals surface area contributed by atoms with Gasteiger partial charge in [-0.05, 0) is 74.5 Å². The molecule has 29 heavy (non-hydrogen) atoms. The van der Waals surface area contributed by atoms with Gasteiger partial charge < -0.3 is 10.6 Å². The summed E-state index contributed by atoms with van der Waals surface area (Å²) in [4.78, 5) is 25.5. The first kappa shape index (κ1) is 19.4. The van der Waals surface area contributed by atoms with Crippen LogP contribution in [0.4, 0.5) is 11.4 Å². The Hall–Kier alpha value is -1.61. The average molecular weight is 416 g/mol. The topological polar surface area (TPSA) is 94.3 Å². The van der Waals surface area contributed by atoms with E-state index in [0.717, 1.165) is 54.9 Å². The van der Waals surface area contributed by atoms with E-state index in [-0.39, 0.29) is 22.6 Å². The van der Waals surface area contributed by atoms with Crippen molar-refractivity contribution >= 4 is 35.0 Å². The zero-order valence-corrected chi connectivity index (χ0v) is 17.3. The second-order valence-electron chi connectivity index (χ2n) is 9.23. The highest BCUT2D eigenvalue weighted by Gasteiger charge is 2.54. The largest absolute Gasteiger partial charge is 0.326 e. The van der Waals surface area contributed by atoms with E-state index in [1.807, 2.05) is 24.3 Å². The number of anilines is 2. The number of thioether (sulfide) groups is 1. The number of carbonyl (C=O) groups is 2. The molecule has 8 heteroatoms. The second kappa shape index (κ2) is 7.91. The maximum atomic E-state index is 13.2. The Morgan fingerprint density at radius 3 is 2.31 bits per heavy atom. The van der Waals surface area contributed by atoms with Crippen LogP contribution in [0.3, 0.4) is 0 Å². The Kier molecular flexibility index (Phi) is 5.28. The summed E-state index contributed by atoms with van der Waals surface area (Å²) in [5.41, 5.74) is 10.1. The smallest absolute Gasteiger partial charge is 0.234 e. The molecule has 1 atom stereocenters. The van der Waals surface area contributed by atoms with Gasteiger partial charge in [-0.2, -0.15) is 5.53 Å². The van der Waals surface area contributed by atoms with Crippen LogP contribution in [-0.2, 0) is 9.59 Å². The third-order valence-corrected chi connectivity index (χ3v) is 8.06. The zero-order valence-electron chi connectivity index (χ0n) is 16.5. The van der Waals surface area contributed by atoms with E-state index in [0.29, 0.717) is 5.75 Å². The van der Waals surface area contributed by atoms with Gasteiger partial charge in [0.1, 0.15) is 0 Å². The van der Waals surface area contributed by atoms with Gasteiger partial charge in [-0.25, -0.2) is 10.9 Å². The van der Waals surface area contributed by atoms with Crippen LogP contribution in [0.25, 0.3) is 0 Å². The van der Waals surface area contributed by atoms with Gasteiger partial charge in [0.25, 0.3) is 0 Å². The first-order chi connectivity index (χ1) is 14.1. The Morgan fingerprint density at radius 1 is 1.03 bits per heavy atom. The van der Waals surface area contributed by atoms with Crippen LogP contribution in [0, 0.1) is 23.2 Å². The molecule has 1 unspecified atom stereocenters. The van der Waals surface area contributed by atoms with Gasteiger partial charge in [-0.1, -0.05) is 6.07 Å². The van der Waals surface area contributed by atoms with E-state index >= 15 is 0 Å². The normalized spacial score (nSPS) is 34.9. The van der Waals surface area contributed by atoms with Gasteiger partial charge in [-0.15, -0.1) is 11.8 Å². The summed E-state index contributed by atoms with van der Waals surface area (Å²) in [6.45, 7) is 0.768. The lowest BCUT2D eigenvalue weighted by Crippen LogP contribution is -2.51. The maximum Gasteiger partial charge on any atom is 0.234 e. The highest BCUT2D eigenvalue weighted by atomic mass is 32.2. The summed E-state index contributed by atoms with van der Waals surface area (Å²) in [7, 11) is 0. The summed E-state index contributed by atoms with van der Waals surface area (Å²) in [6, 6.07) is 7.50. The van der Waals surface area contributed by atoms with Gasteiger partial charge >= 0.3 is 0 Å². The van der Waals surface area contributed by atoms with Crippen LogP contribution in [0.2, 0.25) is 0 Å². The molecule has 1 aliphatic heterocycles. The third kappa shape index (κ3) is 4.17. The Bertz CT molecular complexity index is 760. The monoisotopic (exact) mass is 415 g/mol. The zero-order chi connectivity index (χ0) is 19.8. The lowest BCUT2D eigenvalue weighted by molar-refractivity contribution is -0.140. The van der Waals surface area contributed by atoms with Gasteiger partial charge in [0, 0.05) is 17.9 Å². The number of hydrogen-bond donors (Lipinski definition) is 5. The first-order valence-electron chi connectivity index (χ1n) is 10.6. The van der Waals surface area contributed by atoms with E-state index in [1.54, 1.807) is 11.8 Å². The second-order valence-corrected chi connectivity index (χ2v) is 10.4. The highest BCUT2D eigenvalue weighted by Crippen LogP contribution is 2.60. The molecule has 4 bridgehead atoms. The van der Waals surface area contributed by atoms with Crippen LogP contribution >= 0.6 is 11.8 Å². The molecule has 156 valence electrons. The van der Waals surface area contributed by atoms with E-state index in [4.69, 9.17) is 0 Å². The van der Waals surface area contributed by atoms with E-state index in [1.165, 1.54) is 19.3 Å². The Labute approximate surface area is 175 Å². The van der Waals surface area contributed by atoms with Crippen molar-refractivity contribution in [1.29, 1.82) is 0 Å². The standard InChI is InChI=1S/C21H29N5O2S/c27-18(12-29-19-11-22-26-25-19)23-16-2-1-3-17(7-16)24-20(28)21-8-13-4-14(9-21)6-15(5-13)10-21/h1-3,7,13-15,19,22,25-26H,4-6,8-12H2,(H,23,27)(H,24,28). The van der Waals surface area contributed by atoms with E-state index in [9.17, 15) is 9.59 Å². The van der Waals surface area contributed by atoms with Gasteiger partial charge in [0.2, 0.25) is 11.8 Å². The molecular formula is C21H29N5O2S. The lowest BCUT2D eigenvalue weighted by atomic mass is 9.49. The molecule has 1 aromatic carbocycles. The maximum absolute atomic E-state index is 13.2. The molecule has 0 radical (unpaired) electrons. The molecular weight excluding hydrogens is 386 g/mol. The Balaban J connectivity index is 1.19. The van der Waals surface area contributed by atoms with Crippen molar-refractivity contribution in [3.05, 3.63) is 24.3 Å². The molecule has 5 N–H and O–H groups in total. The predicted molar refractivity (Wildman–Crippen MR) is 115 cm³/mol. The fourth-order valence-corrected chi connectivity index (χ4v) is 6.90. The number of carbonyl (C=O) groups excluding carboxylic acids is 2. The van der Waals surface area contributed by atoms with E-state index in [2.05, 4.69) is 27.0 Å². The summed E-state index contributed by atoms with van der Waals surface area (Å²) in [6.07, 6.45) is 7.14. The minimum Gasteiger partial charge on any atom is -0.326 e. The number of amides is 2. The molecule has 7 nitrogen and oxygen atoms in total. The average Bonchev–Trinajstić information content (AvgIpc) is 3.19. The van der Waals surface area contributed by atoms with Gasteiger partial charge in [0.15, 0.2) is 0 Å². The van der Waals surface area contributed by atoms with Crippen molar-refractivity contribution in [3.63, 3.8) is 0 Å². The van der Waals surface area contributed by atoms with Gasteiger partial charge in [0.05, 0.1) is 16.5 Å². The first-order valence-corrected chi connectivity index (χ1v) is 11.7. The third-order valence-electron chi connectivity index (χ3n) is 6.95. The molecule has 4 aliphatic carbocycles. The van der Waals surface area contributed by atoms with Crippen LogP contribution in [0.1, 0.15) is 38.5 Å². The van der Waals surface area contributed by atoms with Crippen molar-refractivity contribution in [2.45, 2.75) is 43.9 Å². The number of hydrogen-bond acceptors (Lipinski definition) is 6. The quantitative estimate of drug-likeness (QED) is 0.490. The van der Waals surface area contributed by atoms with Crippen LogP contribution in [0.15, 0.2) is 24.3 Å².